The summed E-state index contributed by atoms with van der Waals surface area (Å²) in [7, 11) is 0. The van der Waals surface area contributed by atoms with Crippen molar-refractivity contribution < 1.29 is 0 Å². The van der Waals surface area contributed by atoms with E-state index in [0.717, 1.165) is 36.0 Å². The lowest BCUT2D eigenvalue weighted by molar-refractivity contribution is 0.770. The maximum Gasteiger partial charge on any atom is 0.224 e. The van der Waals surface area contributed by atoms with Crippen LogP contribution in [-0.4, -0.2) is 21.3 Å². The van der Waals surface area contributed by atoms with Crippen molar-refractivity contribution in [3.8, 4) is 11.4 Å². The first-order valence-electron chi connectivity index (χ1n) is 6.11. The number of rotatable bonds is 4. The molecule has 0 amide bonds. The monoisotopic (exact) mass is 264 g/mol. The van der Waals surface area contributed by atoms with Gasteiger partial charge in [0.15, 0.2) is 5.82 Å². The summed E-state index contributed by atoms with van der Waals surface area (Å²) in [5, 5.41) is 12.4. The zero-order chi connectivity index (χ0) is 13.1. The largest absolute Gasteiger partial charge is 0.355 e. The number of hydrogen-bond acceptors (Lipinski definition) is 3. The average Bonchev–Trinajstić information content (AvgIpc) is 2.75. The number of anilines is 1. The minimum atomic E-state index is 0.714. The molecule has 1 aromatic heterocycles. The molecule has 1 aromatic carbocycles. The molecular formula is C13H17ClN4. The molecule has 0 saturated heterocycles. The summed E-state index contributed by atoms with van der Waals surface area (Å²) < 4.78 is 2.06. The predicted octanol–water partition coefficient (Wildman–Crippen LogP) is 3.36. The summed E-state index contributed by atoms with van der Waals surface area (Å²) >= 11 is 6.06. The molecule has 1 N–H and O–H groups in total. The van der Waals surface area contributed by atoms with Crippen LogP contribution in [0, 0.1) is 6.92 Å². The van der Waals surface area contributed by atoms with Gasteiger partial charge in [0.05, 0.1) is 0 Å². The second kappa shape index (κ2) is 5.40. The molecule has 0 unspecified atom stereocenters. The van der Waals surface area contributed by atoms with Crippen LogP contribution < -0.4 is 5.32 Å². The van der Waals surface area contributed by atoms with E-state index in [9.17, 15) is 0 Å². The van der Waals surface area contributed by atoms with E-state index in [2.05, 4.69) is 27.0 Å². The lowest BCUT2D eigenvalue weighted by Crippen LogP contribution is -2.07. The van der Waals surface area contributed by atoms with Crippen LogP contribution in [0.2, 0.25) is 5.02 Å². The molecule has 2 rings (SSSR count). The van der Waals surface area contributed by atoms with Gasteiger partial charge in [-0.1, -0.05) is 17.7 Å². The maximum absolute atomic E-state index is 6.06. The van der Waals surface area contributed by atoms with Gasteiger partial charge in [-0.15, -0.1) is 10.2 Å². The SMILES string of the molecule is CCNc1nnc(-c2cc(Cl)ccc2C)n1CC. The normalized spacial score (nSPS) is 10.7. The Morgan fingerprint density at radius 2 is 2.06 bits per heavy atom. The van der Waals surface area contributed by atoms with E-state index >= 15 is 0 Å². The third-order valence-electron chi connectivity index (χ3n) is 2.84. The molecule has 0 radical (unpaired) electrons. The highest BCUT2D eigenvalue weighted by molar-refractivity contribution is 6.30. The first kappa shape index (κ1) is 12.9. The molecular weight excluding hydrogens is 248 g/mol. The highest BCUT2D eigenvalue weighted by Gasteiger charge is 2.14. The van der Waals surface area contributed by atoms with Gasteiger partial charge in [0, 0.05) is 23.7 Å². The van der Waals surface area contributed by atoms with Crippen molar-refractivity contribution in [3.63, 3.8) is 0 Å². The number of halogens is 1. The fraction of sp³-hybridized carbons (Fsp3) is 0.385. The van der Waals surface area contributed by atoms with Crippen LogP contribution in [0.25, 0.3) is 11.4 Å². The first-order valence-corrected chi connectivity index (χ1v) is 6.48. The van der Waals surface area contributed by atoms with Crippen molar-refractivity contribution in [1.82, 2.24) is 14.8 Å². The second-order valence-electron chi connectivity index (χ2n) is 4.08. The van der Waals surface area contributed by atoms with Crippen LogP contribution >= 0.6 is 11.6 Å². The fourth-order valence-electron chi connectivity index (χ4n) is 1.93. The third kappa shape index (κ3) is 2.34. The number of hydrogen-bond donors (Lipinski definition) is 1. The van der Waals surface area contributed by atoms with Gasteiger partial charge in [-0.05, 0) is 38.5 Å². The van der Waals surface area contributed by atoms with Gasteiger partial charge in [-0.2, -0.15) is 0 Å². The van der Waals surface area contributed by atoms with Gasteiger partial charge < -0.3 is 5.32 Å². The Bertz CT molecular complexity index is 548. The predicted molar refractivity (Wildman–Crippen MR) is 75.0 cm³/mol. The van der Waals surface area contributed by atoms with Crippen LogP contribution in [0.1, 0.15) is 19.4 Å². The Labute approximate surface area is 112 Å². The fourth-order valence-corrected chi connectivity index (χ4v) is 2.10. The van der Waals surface area contributed by atoms with Crippen molar-refractivity contribution in [2.75, 3.05) is 11.9 Å². The molecule has 0 spiro atoms. The smallest absolute Gasteiger partial charge is 0.224 e. The van der Waals surface area contributed by atoms with Gasteiger partial charge in [0.25, 0.3) is 0 Å². The lowest BCUT2D eigenvalue weighted by Gasteiger charge is -2.10. The van der Waals surface area contributed by atoms with Crippen LogP contribution in [-0.2, 0) is 6.54 Å². The molecule has 0 aliphatic rings. The maximum atomic E-state index is 6.06. The van der Waals surface area contributed by atoms with E-state index in [1.54, 1.807) is 0 Å². The number of aryl methyl sites for hydroxylation is 1. The third-order valence-corrected chi connectivity index (χ3v) is 3.08. The highest BCUT2D eigenvalue weighted by atomic mass is 35.5. The van der Waals surface area contributed by atoms with Gasteiger partial charge in [-0.3, -0.25) is 4.57 Å². The summed E-state index contributed by atoms with van der Waals surface area (Å²) in [4.78, 5) is 0. The number of benzene rings is 1. The van der Waals surface area contributed by atoms with Crippen molar-refractivity contribution in [1.29, 1.82) is 0 Å². The molecule has 0 aliphatic carbocycles. The van der Waals surface area contributed by atoms with Gasteiger partial charge in [-0.25, -0.2) is 0 Å². The first-order chi connectivity index (χ1) is 8.67. The molecule has 0 bridgehead atoms. The van der Waals surface area contributed by atoms with Gasteiger partial charge >= 0.3 is 0 Å². The summed E-state index contributed by atoms with van der Waals surface area (Å²) in [6.07, 6.45) is 0. The summed E-state index contributed by atoms with van der Waals surface area (Å²) in [6, 6.07) is 5.82. The van der Waals surface area contributed by atoms with E-state index in [4.69, 9.17) is 11.6 Å². The van der Waals surface area contributed by atoms with Crippen molar-refractivity contribution in [2.24, 2.45) is 0 Å². The lowest BCUT2D eigenvalue weighted by atomic mass is 10.1. The molecule has 0 aliphatic heterocycles. The average molecular weight is 265 g/mol. The standard InChI is InChI=1S/C13H17ClN4/c1-4-15-13-17-16-12(18(13)5-2)11-8-10(14)7-6-9(11)3/h6-8H,4-5H2,1-3H3,(H,15,17). The molecule has 18 heavy (non-hydrogen) atoms. The zero-order valence-electron chi connectivity index (χ0n) is 10.9. The minimum Gasteiger partial charge on any atom is -0.355 e. The van der Waals surface area contributed by atoms with E-state index < -0.39 is 0 Å². The molecule has 96 valence electrons. The molecule has 5 heteroatoms. The summed E-state index contributed by atoms with van der Waals surface area (Å²) in [6.45, 7) is 7.81. The van der Waals surface area contributed by atoms with Crippen LogP contribution in [0.3, 0.4) is 0 Å². The quantitative estimate of drug-likeness (QED) is 0.921. The van der Waals surface area contributed by atoms with E-state index in [-0.39, 0.29) is 0 Å². The zero-order valence-corrected chi connectivity index (χ0v) is 11.6. The molecule has 1 heterocycles. The Morgan fingerprint density at radius 3 is 2.72 bits per heavy atom. The molecule has 0 fully saturated rings. The van der Waals surface area contributed by atoms with Crippen molar-refractivity contribution in [2.45, 2.75) is 27.3 Å². The van der Waals surface area contributed by atoms with Crippen LogP contribution in [0.5, 0.6) is 0 Å². The topological polar surface area (TPSA) is 42.7 Å². The molecule has 4 nitrogen and oxygen atoms in total. The Hall–Kier alpha value is -1.55. The Morgan fingerprint density at radius 1 is 1.28 bits per heavy atom. The highest BCUT2D eigenvalue weighted by Crippen LogP contribution is 2.26. The molecule has 0 atom stereocenters. The van der Waals surface area contributed by atoms with E-state index in [1.807, 2.05) is 32.0 Å². The summed E-state index contributed by atoms with van der Waals surface area (Å²) in [5.74, 6) is 1.66. The van der Waals surface area contributed by atoms with Gasteiger partial charge in [0.2, 0.25) is 5.95 Å². The van der Waals surface area contributed by atoms with Crippen LogP contribution in [0.15, 0.2) is 18.2 Å². The summed E-state index contributed by atoms with van der Waals surface area (Å²) in [5.41, 5.74) is 2.17. The number of nitrogens with zero attached hydrogens (tertiary/aromatic N) is 3. The van der Waals surface area contributed by atoms with E-state index in [0.29, 0.717) is 5.02 Å². The van der Waals surface area contributed by atoms with Crippen molar-refractivity contribution >= 4 is 17.5 Å². The minimum absolute atomic E-state index is 0.714. The number of nitrogens with one attached hydrogen (secondary N) is 1. The second-order valence-corrected chi connectivity index (χ2v) is 4.52. The number of aromatic nitrogens is 3. The Balaban J connectivity index is 2.53. The van der Waals surface area contributed by atoms with Crippen LogP contribution in [0.4, 0.5) is 5.95 Å². The molecule has 0 saturated carbocycles. The Kier molecular flexibility index (Phi) is 3.87. The van der Waals surface area contributed by atoms with Gasteiger partial charge in [0.1, 0.15) is 0 Å². The van der Waals surface area contributed by atoms with Crippen molar-refractivity contribution in [3.05, 3.63) is 28.8 Å². The molecule has 2 aromatic rings. The van der Waals surface area contributed by atoms with E-state index in [1.165, 1.54) is 0 Å².